The zero-order chi connectivity index (χ0) is 5.86. The Morgan fingerprint density at radius 1 is 2.00 bits per heavy atom. The third kappa shape index (κ3) is 2.51. The summed E-state index contributed by atoms with van der Waals surface area (Å²) in [5.41, 5.74) is 0. The summed E-state index contributed by atoms with van der Waals surface area (Å²) < 4.78 is 0. The lowest BCUT2D eigenvalue weighted by molar-refractivity contribution is -0.136. The number of aliphatic carboxylic acids is 1. The van der Waals surface area contributed by atoms with Gasteiger partial charge < -0.3 is 5.11 Å². The summed E-state index contributed by atoms with van der Waals surface area (Å²) in [6.45, 7) is 1.76. The number of hydrogen-bond donors (Lipinski definition) is 1. The minimum absolute atomic E-state index is 0.532. The van der Waals surface area contributed by atoms with E-state index >= 15 is 0 Å². The van der Waals surface area contributed by atoms with Gasteiger partial charge in [0.2, 0.25) is 0 Å². The first-order valence-corrected chi connectivity index (χ1v) is 2.54. The fourth-order valence-electron chi connectivity index (χ4n) is 0.175. The third-order valence-electron chi connectivity index (χ3n) is 0.646. The Balaban J connectivity index is 3.34. The van der Waals surface area contributed by atoms with Crippen molar-refractivity contribution in [2.45, 2.75) is 18.6 Å². The van der Waals surface area contributed by atoms with Gasteiger partial charge in [-0.05, 0) is 6.42 Å². The Morgan fingerprint density at radius 3 is 2.43 bits per heavy atom. The minimum Gasteiger partial charge on any atom is -0.480 e. The van der Waals surface area contributed by atoms with Gasteiger partial charge >= 0.3 is 5.97 Å². The molecule has 0 saturated heterocycles. The van der Waals surface area contributed by atoms with E-state index in [1.807, 2.05) is 0 Å². The maximum atomic E-state index is 9.83. The van der Waals surface area contributed by atoms with Gasteiger partial charge in [0.15, 0.2) is 0 Å². The van der Waals surface area contributed by atoms with E-state index in [4.69, 9.17) is 5.11 Å². The molecule has 1 N–H and O–H groups in total. The Kier molecular flexibility index (Phi) is 2.83. The summed E-state index contributed by atoms with van der Waals surface area (Å²) in [5, 5.41) is 7.48. The third-order valence-corrected chi connectivity index (χ3v) is 1.18. The maximum Gasteiger partial charge on any atom is 0.317 e. The van der Waals surface area contributed by atoms with Gasteiger partial charge in [0.05, 0.1) is 0 Å². The Hall–Kier alpha value is -0.180. The standard InChI is InChI=1S/C4H7O2S/c1-2-3(7)4(5)6/h3H,2H2,1H3,(H,5,6). The van der Waals surface area contributed by atoms with Crippen molar-refractivity contribution in [1.29, 1.82) is 0 Å². The highest BCUT2D eigenvalue weighted by Gasteiger charge is 2.07. The zero-order valence-electron chi connectivity index (χ0n) is 4.05. The highest BCUT2D eigenvalue weighted by atomic mass is 32.1. The highest BCUT2D eigenvalue weighted by Crippen LogP contribution is 1.97. The van der Waals surface area contributed by atoms with E-state index in [1.54, 1.807) is 6.92 Å². The van der Waals surface area contributed by atoms with Crippen LogP contribution in [-0.4, -0.2) is 16.3 Å². The molecule has 41 valence electrons. The van der Waals surface area contributed by atoms with Crippen LogP contribution in [0, 0.1) is 0 Å². The molecule has 0 aromatic rings. The molecule has 0 aliphatic rings. The molecule has 1 unspecified atom stereocenters. The molecule has 0 aliphatic heterocycles. The van der Waals surface area contributed by atoms with Crippen LogP contribution < -0.4 is 0 Å². The van der Waals surface area contributed by atoms with E-state index in [-0.39, 0.29) is 0 Å². The maximum absolute atomic E-state index is 9.83. The van der Waals surface area contributed by atoms with E-state index < -0.39 is 11.2 Å². The second kappa shape index (κ2) is 2.91. The fourth-order valence-corrected chi connectivity index (χ4v) is 0.175. The predicted octanol–water partition coefficient (Wildman–Crippen LogP) is 1.05. The first-order valence-electron chi connectivity index (χ1n) is 2.07. The van der Waals surface area contributed by atoms with E-state index in [0.29, 0.717) is 6.42 Å². The second-order valence-electron chi connectivity index (χ2n) is 1.24. The topological polar surface area (TPSA) is 37.3 Å². The monoisotopic (exact) mass is 119 g/mol. The van der Waals surface area contributed by atoms with Crippen molar-refractivity contribution in [2.24, 2.45) is 0 Å². The predicted molar refractivity (Wildman–Crippen MR) is 29.3 cm³/mol. The molecule has 0 bridgehead atoms. The molecule has 0 amide bonds. The summed E-state index contributed by atoms with van der Waals surface area (Å²) in [6, 6.07) is 0. The van der Waals surface area contributed by atoms with E-state index in [9.17, 15) is 4.79 Å². The first-order chi connectivity index (χ1) is 3.18. The number of carbonyl (C=O) groups is 1. The van der Waals surface area contributed by atoms with Crippen molar-refractivity contribution in [2.75, 3.05) is 0 Å². The fraction of sp³-hybridized carbons (Fsp3) is 0.750. The molecule has 0 aliphatic carbocycles. The lowest BCUT2D eigenvalue weighted by Crippen LogP contribution is -2.10. The lowest BCUT2D eigenvalue weighted by Gasteiger charge is -1.94. The highest BCUT2D eigenvalue weighted by molar-refractivity contribution is 7.81. The molecule has 0 aromatic carbocycles. The molecule has 0 rings (SSSR count). The van der Waals surface area contributed by atoms with Crippen molar-refractivity contribution >= 4 is 18.6 Å². The average Bonchev–Trinajstić information content (AvgIpc) is 1.65. The summed E-state index contributed by atoms with van der Waals surface area (Å²) in [7, 11) is 0. The SMILES string of the molecule is CCC([S])C(=O)O. The number of carboxylic acids is 1. The van der Waals surface area contributed by atoms with Gasteiger partial charge in [0.1, 0.15) is 5.25 Å². The molecule has 1 radical (unpaired) electrons. The molecular formula is C4H7O2S. The normalized spacial score (nSPS) is 13.4. The molecular weight excluding hydrogens is 112 g/mol. The number of carboxylic acid groups (broad SMARTS) is 1. The van der Waals surface area contributed by atoms with Crippen LogP contribution in [0.5, 0.6) is 0 Å². The van der Waals surface area contributed by atoms with Gasteiger partial charge in [-0.2, -0.15) is 0 Å². The summed E-state index contributed by atoms with van der Waals surface area (Å²) >= 11 is 4.46. The second-order valence-corrected chi connectivity index (χ2v) is 1.80. The van der Waals surface area contributed by atoms with Crippen LogP contribution >= 0.6 is 12.6 Å². The van der Waals surface area contributed by atoms with Crippen LogP contribution in [0.25, 0.3) is 0 Å². The van der Waals surface area contributed by atoms with Gasteiger partial charge in [-0.1, -0.05) is 19.6 Å². The van der Waals surface area contributed by atoms with Crippen molar-refractivity contribution < 1.29 is 9.90 Å². The zero-order valence-corrected chi connectivity index (χ0v) is 4.86. The summed E-state index contributed by atoms with van der Waals surface area (Å²) in [6.07, 6.45) is 0.532. The molecule has 0 spiro atoms. The molecule has 0 aromatic heterocycles. The number of hydrogen-bond acceptors (Lipinski definition) is 1. The molecule has 1 atom stereocenters. The van der Waals surface area contributed by atoms with Gasteiger partial charge in [0.25, 0.3) is 0 Å². The Morgan fingerprint density at radius 2 is 2.43 bits per heavy atom. The molecule has 0 heterocycles. The Labute approximate surface area is 47.9 Å². The van der Waals surface area contributed by atoms with E-state index in [1.165, 1.54) is 0 Å². The van der Waals surface area contributed by atoms with Gasteiger partial charge in [0, 0.05) is 0 Å². The smallest absolute Gasteiger partial charge is 0.317 e. The quantitative estimate of drug-likeness (QED) is 0.589. The van der Waals surface area contributed by atoms with Crippen molar-refractivity contribution in [3.8, 4) is 0 Å². The van der Waals surface area contributed by atoms with Crippen LogP contribution in [0.15, 0.2) is 0 Å². The first kappa shape index (κ1) is 6.82. The van der Waals surface area contributed by atoms with Gasteiger partial charge in [-0.25, -0.2) is 0 Å². The van der Waals surface area contributed by atoms with Crippen molar-refractivity contribution in [3.63, 3.8) is 0 Å². The summed E-state index contributed by atoms with van der Waals surface area (Å²) in [5.74, 6) is -0.891. The number of rotatable bonds is 2. The molecule has 0 saturated carbocycles. The molecule has 0 fully saturated rings. The molecule has 7 heavy (non-hydrogen) atoms. The van der Waals surface area contributed by atoms with Crippen molar-refractivity contribution in [1.82, 2.24) is 0 Å². The largest absolute Gasteiger partial charge is 0.480 e. The lowest BCUT2D eigenvalue weighted by atomic mass is 10.3. The molecule has 3 heteroatoms. The van der Waals surface area contributed by atoms with Crippen LogP contribution in [0.4, 0.5) is 0 Å². The van der Waals surface area contributed by atoms with Crippen LogP contribution in [0.2, 0.25) is 0 Å². The summed E-state index contributed by atoms with van der Waals surface area (Å²) in [4.78, 5) is 9.83. The van der Waals surface area contributed by atoms with Crippen molar-refractivity contribution in [3.05, 3.63) is 0 Å². The Bertz CT molecular complexity index is 72.1. The van der Waals surface area contributed by atoms with Crippen LogP contribution in [-0.2, 0) is 4.79 Å². The van der Waals surface area contributed by atoms with Gasteiger partial charge in [-0.3, -0.25) is 4.79 Å². The van der Waals surface area contributed by atoms with Gasteiger partial charge in [-0.15, -0.1) is 0 Å². The van der Waals surface area contributed by atoms with E-state index in [0.717, 1.165) is 0 Å². The van der Waals surface area contributed by atoms with E-state index in [2.05, 4.69) is 12.6 Å². The van der Waals surface area contributed by atoms with Crippen LogP contribution in [0.1, 0.15) is 13.3 Å². The van der Waals surface area contributed by atoms with Crippen LogP contribution in [0.3, 0.4) is 0 Å². The minimum atomic E-state index is -0.891. The molecule has 2 nitrogen and oxygen atoms in total. The average molecular weight is 119 g/mol.